The first kappa shape index (κ1) is 23.6. The van der Waals surface area contributed by atoms with Gasteiger partial charge < -0.3 is 0 Å². The summed E-state index contributed by atoms with van der Waals surface area (Å²) in [6.45, 7) is 19.4. The van der Waals surface area contributed by atoms with E-state index in [4.69, 9.17) is 0 Å². The summed E-state index contributed by atoms with van der Waals surface area (Å²) >= 11 is 0. The minimum atomic E-state index is 0.326. The van der Waals surface area contributed by atoms with Gasteiger partial charge in [-0.2, -0.15) is 0 Å². The molecule has 174 valence electrons. The maximum Gasteiger partial charge on any atom is -0.0116 e. The quantitative estimate of drug-likeness (QED) is 0.410. The summed E-state index contributed by atoms with van der Waals surface area (Å²) in [5, 5.41) is 0. The second-order valence-corrected chi connectivity index (χ2v) is 13.2. The summed E-state index contributed by atoms with van der Waals surface area (Å²) in [6, 6.07) is 21.0. The van der Waals surface area contributed by atoms with Crippen LogP contribution in [0.2, 0.25) is 0 Å². The molecule has 0 radical (unpaired) electrons. The van der Waals surface area contributed by atoms with Crippen molar-refractivity contribution in [1.29, 1.82) is 0 Å². The van der Waals surface area contributed by atoms with Gasteiger partial charge in [0.1, 0.15) is 0 Å². The third-order valence-electron chi connectivity index (χ3n) is 8.84. The molecule has 0 aromatic heterocycles. The Balaban J connectivity index is 1.46. The lowest BCUT2D eigenvalue weighted by molar-refractivity contribution is 0.169. The summed E-state index contributed by atoms with van der Waals surface area (Å²) in [7, 11) is 0. The van der Waals surface area contributed by atoms with Gasteiger partial charge in [-0.1, -0.05) is 110 Å². The smallest absolute Gasteiger partial charge is 0.0116 e. The molecule has 0 nitrogen and oxygen atoms in total. The molecule has 0 aliphatic heterocycles. The molecule has 7 atom stereocenters. The Kier molecular flexibility index (Phi) is 6.38. The molecule has 0 N–H and O–H groups in total. The Hall–Kier alpha value is -1.56. The second kappa shape index (κ2) is 8.66. The zero-order chi connectivity index (χ0) is 23.3. The summed E-state index contributed by atoms with van der Waals surface area (Å²) in [6.07, 6.45) is 4.02. The van der Waals surface area contributed by atoms with Crippen molar-refractivity contribution in [1.82, 2.24) is 0 Å². The van der Waals surface area contributed by atoms with Crippen LogP contribution in [0.5, 0.6) is 0 Å². The third kappa shape index (κ3) is 4.85. The molecule has 0 heteroatoms. The number of rotatable bonds is 7. The van der Waals surface area contributed by atoms with Gasteiger partial charge in [0, 0.05) is 0 Å². The Morgan fingerprint density at radius 2 is 1.34 bits per heavy atom. The van der Waals surface area contributed by atoms with Crippen LogP contribution in [0.4, 0.5) is 0 Å². The highest BCUT2D eigenvalue weighted by Gasteiger charge is 2.57. The summed E-state index contributed by atoms with van der Waals surface area (Å²) < 4.78 is 0. The summed E-state index contributed by atoms with van der Waals surface area (Å²) in [5.74, 6) is 5.56. The standard InChI is InChI=1S/C32H46/c1-9-29(31(3,4)5)24-17-15-23(16-18-24)26-20-28(26)30(32(6,7)8)27-19-25(27)21(2)22-13-11-10-12-14-22/h10-18,21,25-30H,9,19-20H2,1-8H3. The van der Waals surface area contributed by atoms with Gasteiger partial charge in [0.2, 0.25) is 0 Å². The zero-order valence-corrected chi connectivity index (χ0v) is 21.9. The maximum atomic E-state index is 2.49. The summed E-state index contributed by atoms with van der Waals surface area (Å²) in [5.41, 5.74) is 5.35. The Morgan fingerprint density at radius 1 is 0.719 bits per heavy atom. The van der Waals surface area contributed by atoms with Gasteiger partial charge in [0.25, 0.3) is 0 Å². The van der Waals surface area contributed by atoms with Crippen LogP contribution in [0.25, 0.3) is 0 Å². The normalized spacial score (nSPS) is 28.1. The van der Waals surface area contributed by atoms with Gasteiger partial charge in [-0.25, -0.2) is 0 Å². The van der Waals surface area contributed by atoms with E-state index in [1.54, 1.807) is 5.56 Å². The molecule has 4 rings (SSSR count). The minimum Gasteiger partial charge on any atom is -0.0648 e. The number of hydrogen-bond donors (Lipinski definition) is 0. The molecule has 0 spiro atoms. The Labute approximate surface area is 198 Å². The van der Waals surface area contributed by atoms with E-state index >= 15 is 0 Å². The van der Waals surface area contributed by atoms with Gasteiger partial charge in [-0.3, -0.25) is 0 Å². The van der Waals surface area contributed by atoms with Crippen LogP contribution in [0, 0.1) is 34.5 Å². The van der Waals surface area contributed by atoms with Crippen molar-refractivity contribution in [3.05, 3.63) is 71.3 Å². The highest BCUT2D eigenvalue weighted by molar-refractivity contribution is 5.33. The van der Waals surface area contributed by atoms with Gasteiger partial charge >= 0.3 is 0 Å². The molecule has 2 aliphatic carbocycles. The second-order valence-electron chi connectivity index (χ2n) is 13.2. The number of benzene rings is 2. The minimum absolute atomic E-state index is 0.326. The van der Waals surface area contributed by atoms with E-state index < -0.39 is 0 Å². The molecular formula is C32H46. The average Bonchev–Trinajstić information content (AvgIpc) is 3.64. The SMILES string of the molecule is CCC(c1ccc(C2CC2C(C2CC2C(C)c2ccccc2)C(C)(C)C)cc1)C(C)(C)C. The highest BCUT2D eigenvalue weighted by atomic mass is 14.6. The molecule has 7 unspecified atom stereocenters. The molecular weight excluding hydrogens is 384 g/mol. The Morgan fingerprint density at radius 3 is 1.88 bits per heavy atom. The van der Waals surface area contributed by atoms with Crippen molar-refractivity contribution in [2.45, 2.75) is 92.4 Å². The number of hydrogen-bond acceptors (Lipinski definition) is 0. The fourth-order valence-corrected chi connectivity index (χ4v) is 7.15. The van der Waals surface area contributed by atoms with E-state index in [1.165, 1.54) is 30.4 Å². The molecule has 0 amide bonds. The molecule has 2 aromatic carbocycles. The monoisotopic (exact) mass is 430 g/mol. The van der Waals surface area contributed by atoms with E-state index in [2.05, 4.69) is 110 Å². The van der Waals surface area contributed by atoms with E-state index in [0.29, 0.717) is 22.7 Å². The lowest BCUT2D eigenvalue weighted by Gasteiger charge is -2.33. The molecule has 0 bridgehead atoms. The van der Waals surface area contributed by atoms with Crippen molar-refractivity contribution in [2.75, 3.05) is 0 Å². The van der Waals surface area contributed by atoms with Crippen LogP contribution < -0.4 is 0 Å². The van der Waals surface area contributed by atoms with Gasteiger partial charge in [-0.05, 0) is 88.2 Å². The molecule has 0 saturated heterocycles. The summed E-state index contributed by atoms with van der Waals surface area (Å²) in [4.78, 5) is 0. The highest BCUT2D eigenvalue weighted by Crippen LogP contribution is 2.66. The molecule has 2 aliphatic rings. The molecule has 0 heterocycles. The molecule has 2 saturated carbocycles. The zero-order valence-electron chi connectivity index (χ0n) is 21.9. The lowest BCUT2D eigenvalue weighted by atomic mass is 9.72. The molecule has 2 aromatic rings. The predicted molar refractivity (Wildman–Crippen MR) is 139 cm³/mol. The van der Waals surface area contributed by atoms with Crippen molar-refractivity contribution in [3.63, 3.8) is 0 Å². The van der Waals surface area contributed by atoms with Crippen molar-refractivity contribution in [3.8, 4) is 0 Å². The first-order chi connectivity index (χ1) is 15.0. The Bertz CT molecular complexity index is 876. The average molecular weight is 431 g/mol. The van der Waals surface area contributed by atoms with Crippen molar-refractivity contribution in [2.24, 2.45) is 34.5 Å². The first-order valence-corrected chi connectivity index (χ1v) is 13.2. The first-order valence-electron chi connectivity index (χ1n) is 13.2. The van der Waals surface area contributed by atoms with Crippen LogP contribution >= 0.6 is 0 Å². The fraction of sp³-hybridized carbons (Fsp3) is 0.625. The maximum absolute atomic E-state index is 2.49. The molecule has 2 fully saturated rings. The largest absolute Gasteiger partial charge is 0.0648 e. The van der Waals surface area contributed by atoms with Crippen molar-refractivity contribution >= 4 is 0 Å². The topological polar surface area (TPSA) is 0 Å². The fourth-order valence-electron chi connectivity index (χ4n) is 7.15. The van der Waals surface area contributed by atoms with E-state index in [-0.39, 0.29) is 0 Å². The van der Waals surface area contributed by atoms with Gasteiger partial charge in [0.15, 0.2) is 0 Å². The van der Waals surface area contributed by atoms with Gasteiger partial charge in [0.05, 0.1) is 0 Å². The van der Waals surface area contributed by atoms with E-state index in [0.717, 1.165) is 29.6 Å². The van der Waals surface area contributed by atoms with Gasteiger partial charge in [-0.15, -0.1) is 0 Å². The van der Waals surface area contributed by atoms with Crippen LogP contribution in [0.3, 0.4) is 0 Å². The molecule has 32 heavy (non-hydrogen) atoms. The van der Waals surface area contributed by atoms with Crippen LogP contribution in [-0.4, -0.2) is 0 Å². The van der Waals surface area contributed by atoms with E-state index in [1.807, 2.05) is 0 Å². The van der Waals surface area contributed by atoms with Crippen LogP contribution in [-0.2, 0) is 0 Å². The van der Waals surface area contributed by atoms with Crippen LogP contribution in [0.15, 0.2) is 54.6 Å². The third-order valence-corrected chi connectivity index (χ3v) is 8.84. The van der Waals surface area contributed by atoms with E-state index in [9.17, 15) is 0 Å². The predicted octanol–water partition coefficient (Wildman–Crippen LogP) is 9.43. The lowest BCUT2D eigenvalue weighted by Crippen LogP contribution is -2.26. The van der Waals surface area contributed by atoms with Crippen molar-refractivity contribution < 1.29 is 0 Å². The van der Waals surface area contributed by atoms with Crippen LogP contribution in [0.1, 0.15) is 109 Å².